The van der Waals surface area contributed by atoms with Crippen molar-refractivity contribution in [1.29, 1.82) is 0 Å². The molecule has 0 unspecified atom stereocenters. The van der Waals surface area contributed by atoms with Crippen molar-refractivity contribution in [2.45, 2.75) is 12.8 Å². The molecule has 0 fully saturated rings. The lowest BCUT2D eigenvalue weighted by atomic mass is 10.2. The minimum Gasteiger partial charge on any atom is -0.487 e. The van der Waals surface area contributed by atoms with Gasteiger partial charge in [-0.15, -0.1) is 0 Å². The number of ether oxygens (including phenoxy) is 1. The van der Waals surface area contributed by atoms with Crippen LogP contribution in [-0.4, -0.2) is 4.98 Å². The van der Waals surface area contributed by atoms with Crippen LogP contribution in [0, 0.1) is 5.82 Å². The van der Waals surface area contributed by atoms with Crippen LogP contribution in [0.4, 0.5) is 23.2 Å². The highest BCUT2D eigenvalue weighted by atomic mass is 19.4. The van der Waals surface area contributed by atoms with Crippen LogP contribution >= 0.6 is 0 Å². The van der Waals surface area contributed by atoms with E-state index in [0.717, 1.165) is 24.4 Å². The van der Waals surface area contributed by atoms with Gasteiger partial charge in [0.2, 0.25) is 0 Å². The number of benzene rings is 1. The van der Waals surface area contributed by atoms with Gasteiger partial charge in [0, 0.05) is 11.8 Å². The zero-order valence-corrected chi connectivity index (χ0v) is 10.1. The average molecular weight is 286 g/mol. The van der Waals surface area contributed by atoms with E-state index in [1.165, 1.54) is 12.3 Å². The number of nitrogen functional groups attached to an aromatic ring is 1. The quantitative estimate of drug-likeness (QED) is 0.695. The van der Waals surface area contributed by atoms with Crippen molar-refractivity contribution in [2.75, 3.05) is 5.73 Å². The molecule has 2 rings (SSSR count). The van der Waals surface area contributed by atoms with Crippen LogP contribution in [0.2, 0.25) is 0 Å². The largest absolute Gasteiger partial charge is 0.487 e. The number of halogens is 4. The lowest BCUT2D eigenvalue weighted by Gasteiger charge is -2.12. The highest BCUT2D eigenvalue weighted by molar-refractivity contribution is 5.54. The summed E-state index contributed by atoms with van der Waals surface area (Å²) >= 11 is 0. The molecule has 106 valence electrons. The number of aromatic nitrogens is 1. The van der Waals surface area contributed by atoms with E-state index in [1.54, 1.807) is 0 Å². The zero-order valence-electron chi connectivity index (χ0n) is 10.1. The van der Waals surface area contributed by atoms with Crippen molar-refractivity contribution >= 4 is 5.69 Å². The molecule has 0 atom stereocenters. The lowest BCUT2D eigenvalue weighted by molar-refractivity contribution is -0.137. The molecule has 0 aliphatic heterocycles. The van der Waals surface area contributed by atoms with Crippen LogP contribution < -0.4 is 10.5 Å². The number of hydrogen-bond acceptors (Lipinski definition) is 3. The summed E-state index contributed by atoms with van der Waals surface area (Å²) in [7, 11) is 0. The summed E-state index contributed by atoms with van der Waals surface area (Å²) in [5.41, 5.74) is 4.96. The highest BCUT2D eigenvalue weighted by Crippen LogP contribution is 2.33. The molecule has 0 radical (unpaired) electrons. The van der Waals surface area contributed by atoms with Crippen LogP contribution in [0.5, 0.6) is 5.75 Å². The second-order valence-electron chi connectivity index (χ2n) is 4.05. The second kappa shape index (κ2) is 5.36. The number of nitrogens with two attached hydrogens (primary N) is 1. The van der Waals surface area contributed by atoms with Gasteiger partial charge < -0.3 is 10.5 Å². The van der Waals surface area contributed by atoms with Crippen molar-refractivity contribution in [3.8, 4) is 5.75 Å². The molecular weight excluding hydrogens is 276 g/mol. The minimum absolute atomic E-state index is 0.0413. The van der Waals surface area contributed by atoms with Gasteiger partial charge in [-0.25, -0.2) is 4.39 Å². The maximum atomic E-state index is 12.9. The van der Waals surface area contributed by atoms with E-state index in [1.807, 2.05) is 0 Å². The molecule has 0 aliphatic rings. The summed E-state index contributed by atoms with van der Waals surface area (Å²) in [6, 6.07) is 4.01. The Morgan fingerprint density at radius 1 is 1.15 bits per heavy atom. The van der Waals surface area contributed by atoms with Crippen molar-refractivity contribution in [1.82, 2.24) is 4.98 Å². The molecule has 3 nitrogen and oxygen atoms in total. The SMILES string of the molecule is Nc1cc(C(F)(F)F)ccc1OCc1cncc(F)c1. The predicted molar refractivity (Wildman–Crippen MR) is 64.4 cm³/mol. The van der Waals surface area contributed by atoms with Gasteiger partial charge in [0.05, 0.1) is 17.4 Å². The number of hydrogen-bond donors (Lipinski definition) is 1. The van der Waals surface area contributed by atoms with Gasteiger partial charge in [-0.3, -0.25) is 4.98 Å². The van der Waals surface area contributed by atoms with Gasteiger partial charge in [-0.1, -0.05) is 0 Å². The maximum absolute atomic E-state index is 12.9. The summed E-state index contributed by atoms with van der Waals surface area (Å²) in [5.74, 6) is -0.422. The van der Waals surface area contributed by atoms with E-state index in [-0.39, 0.29) is 18.0 Å². The molecule has 2 N–H and O–H groups in total. The number of pyridine rings is 1. The molecule has 1 heterocycles. The summed E-state index contributed by atoms with van der Waals surface area (Å²) in [5, 5.41) is 0. The Labute approximate surface area is 112 Å². The normalized spacial score (nSPS) is 11.4. The monoisotopic (exact) mass is 286 g/mol. The molecule has 0 saturated carbocycles. The Balaban J connectivity index is 2.11. The lowest BCUT2D eigenvalue weighted by Crippen LogP contribution is -2.06. The van der Waals surface area contributed by atoms with Crippen LogP contribution in [0.25, 0.3) is 0 Å². The zero-order chi connectivity index (χ0) is 14.8. The van der Waals surface area contributed by atoms with Crippen molar-refractivity contribution < 1.29 is 22.3 Å². The molecule has 1 aromatic heterocycles. The number of anilines is 1. The van der Waals surface area contributed by atoms with Gasteiger partial charge in [0.1, 0.15) is 18.2 Å². The van der Waals surface area contributed by atoms with E-state index in [2.05, 4.69) is 4.98 Å². The molecule has 2 aromatic rings. The van der Waals surface area contributed by atoms with E-state index in [4.69, 9.17) is 10.5 Å². The topological polar surface area (TPSA) is 48.1 Å². The number of alkyl halides is 3. The molecule has 20 heavy (non-hydrogen) atoms. The van der Waals surface area contributed by atoms with Gasteiger partial charge in [0.25, 0.3) is 0 Å². The second-order valence-corrected chi connectivity index (χ2v) is 4.05. The summed E-state index contributed by atoms with van der Waals surface area (Å²) in [6.45, 7) is -0.0413. The van der Waals surface area contributed by atoms with E-state index in [9.17, 15) is 17.6 Å². The fourth-order valence-corrected chi connectivity index (χ4v) is 1.55. The Morgan fingerprint density at radius 3 is 2.50 bits per heavy atom. The first-order chi connectivity index (χ1) is 9.36. The smallest absolute Gasteiger partial charge is 0.416 e. The predicted octanol–water partition coefficient (Wildman–Crippen LogP) is 3.40. The summed E-state index contributed by atoms with van der Waals surface area (Å²) in [6.07, 6.45) is -2.03. The number of rotatable bonds is 3. The Bertz CT molecular complexity index is 614. The van der Waals surface area contributed by atoms with Gasteiger partial charge >= 0.3 is 6.18 Å². The Kier molecular flexibility index (Phi) is 3.78. The fraction of sp³-hybridized carbons (Fsp3) is 0.154. The third kappa shape index (κ3) is 3.37. The number of nitrogens with zero attached hydrogens (tertiary/aromatic N) is 1. The molecule has 0 spiro atoms. The highest BCUT2D eigenvalue weighted by Gasteiger charge is 2.30. The summed E-state index contributed by atoms with van der Waals surface area (Å²) < 4.78 is 55.5. The van der Waals surface area contributed by atoms with Crippen molar-refractivity contribution in [2.24, 2.45) is 0 Å². The third-order valence-corrected chi connectivity index (χ3v) is 2.49. The molecule has 0 aliphatic carbocycles. The van der Waals surface area contributed by atoms with Crippen LogP contribution in [-0.2, 0) is 12.8 Å². The van der Waals surface area contributed by atoms with E-state index in [0.29, 0.717) is 5.56 Å². The standard InChI is InChI=1S/C13H10F4N2O/c14-10-3-8(5-19-6-10)7-20-12-2-1-9(4-11(12)18)13(15,16)17/h1-6H,7,18H2. The molecule has 1 aromatic carbocycles. The Morgan fingerprint density at radius 2 is 1.90 bits per heavy atom. The van der Waals surface area contributed by atoms with E-state index >= 15 is 0 Å². The van der Waals surface area contributed by atoms with Gasteiger partial charge in [-0.2, -0.15) is 13.2 Å². The molecule has 0 saturated heterocycles. The Hall–Kier alpha value is -2.31. The van der Waals surface area contributed by atoms with Crippen LogP contribution in [0.1, 0.15) is 11.1 Å². The third-order valence-electron chi connectivity index (χ3n) is 2.49. The van der Waals surface area contributed by atoms with Gasteiger partial charge in [0.15, 0.2) is 0 Å². The average Bonchev–Trinajstić information content (AvgIpc) is 2.36. The first-order valence-electron chi connectivity index (χ1n) is 5.55. The van der Waals surface area contributed by atoms with Crippen LogP contribution in [0.15, 0.2) is 36.7 Å². The first-order valence-corrected chi connectivity index (χ1v) is 5.55. The van der Waals surface area contributed by atoms with Crippen molar-refractivity contribution in [3.05, 3.63) is 53.6 Å². The van der Waals surface area contributed by atoms with E-state index < -0.39 is 17.6 Å². The van der Waals surface area contributed by atoms with Crippen molar-refractivity contribution in [3.63, 3.8) is 0 Å². The maximum Gasteiger partial charge on any atom is 0.416 e. The minimum atomic E-state index is -4.46. The molecular formula is C13H10F4N2O. The molecule has 0 amide bonds. The van der Waals surface area contributed by atoms with Crippen LogP contribution in [0.3, 0.4) is 0 Å². The molecule has 7 heteroatoms. The van der Waals surface area contributed by atoms with Gasteiger partial charge in [-0.05, 0) is 24.3 Å². The summed E-state index contributed by atoms with van der Waals surface area (Å²) in [4.78, 5) is 3.63. The first kappa shape index (κ1) is 14.1. The fourth-order valence-electron chi connectivity index (χ4n) is 1.55. The molecule has 0 bridgehead atoms.